The SMILES string of the molecule is C=COCCC(=O)OC12CCCC(CC(C)C1)C2. The van der Waals surface area contributed by atoms with Crippen LogP contribution in [0.2, 0.25) is 0 Å². The molecule has 0 aromatic heterocycles. The molecule has 3 heteroatoms. The summed E-state index contributed by atoms with van der Waals surface area (Å²) in [6.45, 7) is 6.11. The first-order valence-corrected chi connectivity index (χ1v) is 7.08. The summed E-state index contributed by atoms with van der Waals surface area (Å²) in [6.07, 6.45) is 8.67. The van der Waals surface area contributed by atoms with E-state index in [1.54, 1.807) is 0 Å². The van der Waals surface area contributed by atoms with Gasteiger partial charge in [-0.2, -0.15) is 0 Å². The van der Waals surface area contributed by atoms with E-state index in [4.69, 9.17) is 9.47 Å². The van der Waals surface area contributed by atoms with Crippen molar-refractivity contribution in [3.63, 3.8) is 0 Å². The molecule has 2 fully saturated rings. The minimum Gasteiger partial charge on any atom is -0.501 e. The van der Waals surface area contributed by atoms with Gasteiger partial charge in [0, 0.05) is 0 Å². The molecule has 0 aromatic rings. The Kier molecular flexibility index (Phi) is 4.31. The predicted molar refractivity (Wildman–Crippen MR) is 69.9 cm³/mol. The maximum absolute atomic E-state index is 11.9. The highest BCUT2D eigenvalue weighted by atomic mass is 16.6. The molecule has 0 saturated heterocycles. The standard InChI is InChI=1S/C15H24O3/c1-3-17-8-6-14(16)18-15-7-4-5-13(11-15)9-12(2)10-15/h3,12-13H,1,4-11H2,2H3. The summed E-state index contributed by atoms with van der Waals surface area (Å²) in [5, 5.41) is 0. The van der Waals surface area contributed by atoms with Crippen LogP contribution in [0.4, 0.5) is 0 Å². The monoisotopic (exact) mass is 252 g/mol. The number of esters is 1. The molecule has 3 nitrogen and oxygen atoms in total. The van der Waals surface area contributed by atoms with Gasteiger partial charge >= 0.3 is 5.97 Å². The van der Waals surface area contributed by atoms with Gasteiger partial charge in [-0.05, 0) is 43.9 Å². The molecule has 2 saturated carbocycles. The Bertz CT molecular complexity index is 309. The largest absolute Gasteiger partial charge is 0.501 e. The molecule has 2 aliphatic rings. The molecule has 2 rings (SSSR count). The molecule has 0 spiro atoms. The van der Waals surface area contributed by atoms with Crippen molar-refractivity contribution in [2.45, 2.75) is 57.5 Å². The van der Waals surface area contributed by atoms with Crippen molar-refractivity contribution in [2.24, 2.45) is 11.8 Å². The number of hydrogen-bond acceptors (Lipinski definition) is 3. The van der Waals surface area contributed by atoms with Crippen LogP contribution in [-0.2, 0) is 14.3 Å². The van der Waals surface area contributed by atoms with Crippen LogP contribution in [-0.4, -0.2) is 18.2 Å². The molecule has 3 unspecified atom stereocenters. The highest BCUT2D eigenvalue weighted by Crippen LogP contribution is 2.47. The summed E-state index contributed by atoms with van der Waals surface area (Å²) < 4.78 is 10.8. The zero-order valence-electron chi connectivity index (χ0n) is 11.3. The van der Waals surface area contributed by atoms with Gasteiger partial charge in [-0.3, -0.25) is 4.79 Å². The van der Waals surface area contributed by atoms with Gasteiger partial charge in [-0.25, -0.2) is 0 Å². The second-order valence-electron chi connectivity index (χ2n) is 5.95. The Morgan fingerprint density at radius 3 is 3.11 bits per heavy atom. The van der Waals surface area contributed by atoms with E-state index in [-0.39, 0.29) is 11.6 Å². The van der Waals surface area contributed by atoms with Crippen LogP contribution >= 0.6 is 0 Å². The van der Waals surface area contributed by atoms with Crippen LogP contribution in [0.25, 0.3) is 0 Å². The maximum atomic E-state index is 11.9. The van der Waals surface area contributed by atoms with Crippen LogP contribution < -0.4 is 0 Å². The first-order valence-electron chi connectivity index (χ1n) is 7.08. The van der Waals surface area contributed by atoms with Crippen LogP contribution in [0.15, 0.2) is 12.8 Å². The number of fused-ring (bicyclic) bond motifs is 2. The molecule has 0 radical (unpaired) electrons. The van der Waals surface area contributed by atoms with E-state index < -0.39 is 0 Å². The van der Waals surface area contributed by atoms with Gasteiger partial charge in [-0.15, -0.1) is 0 Å². The van der Waals surface area contributed by atoms with Crippen molar-refractivity contribution in [2.75, 3.05) is 6.61 Å². The van der Waals surface area contributed by atoms with Crippen molar-refractivity contribution in [1.82, 2.24) is 0 Å². The number of rotatable bonds is 5. The number of carbonyl (C=O) groups is 1. The highest BCUT2D eigenvalue weighted by molar-refractivity contribution is 5.70. The van der Waals surface area contributed by atoms with Crippen molar-refractivity contribution < 1.29 is 14.3 Å². The van der Waals surface area contributed by atoms with Crippen LogP contribution in [0, 0.1) is 11.8 Å². The zero-order valence-corrected chi connectivity index (χ0v) is 11.3. The molecular weight excluding hydrogens is 228 g/mol. The van der Waals surface area contributed by atoms with Crippen LogP contribution in [0.3, 0.4) is 0 Å². The lowest BCUT2D eigenvalue weighted by Gasteiger charge is -2.46. The van der Waals surface area contributed by atoms with Crippen molar-refractivity contribution in [1.29, 1.82) is 0 Å². The van der Waals surface area contributed by atoms with E-state index in [0.717, 1.165) is 25.2 Å². The number of ether oxygens (including phenoxy) is 2. The fourth-order valence-electron chi connectivity index (χ4n) is 3.77. The van der Waals surface area contributed by atoms with Crippen molar-refractivity contribution >= 4 is 5.97 Å². The molecule has 0 heterocycles. The third kappa shape index (κ3) is 3.27. The fourth-order valence-corrected chi connectivity index (χ4v) is 3.77. The van der Waals surface area contributed by atoms with E-state index in [9.17, 15) is 4.79 Å². The van der Waals surface area contributed by atoms with Gasteiger partial charge in [-0.1, -0.05) is 19.9 Å². The molecule has 0 amide bonds. The molecule has 2 bridgehead atoms. The molecule has 102 valence electrons. The van der Waals surface area contributed by atoms with Gasteiger partial charge in [0.05, 0.1) is 19.3 Å². The third-order valence-corrected chi connectivity index (χ3v) is 4.23. The van der Waals surface area contributed by atoms with Crippen LogP contribution in [0.1, 0.15) is 51.9 Å². The van der Waals surface area contributed by atoms with E-state index >= 15 is 0 Å². The normalized spacial score (nSPS) is 34.7. The Balaban J connectivity index is 1.89. The average Bonchev–Trinajstić information content (AvgIpc) is 2.27. The van der Waals surface area contributed by atoms with E-state index in [1.807, 2.05) is 0 Å². The van der Waals surface area contributed by atoms with Crippen LogP contribution in [0.5, 0.6) is 0 Å². The lowest BCUT2D eigenvalue weighted by molar-refractivity contribution is -0.173. The van der Waals surface area contributed by atoms with E-state index in [1.165, 1.54) is 25.5 Å². The Morgan fingerprint density at radius 1 is 1.50 bits per heavy atom. The number of hydrogen-bond donors (Lipinski definition) is 0. The van der Waals surface area contributed by atoms with Gasteiger partial charge in [0.1, 0.15) is 5.60 Å². The molecule has 0 aromatic carbocycles. The molecule has 3 atom stereocenters. The lowest BCUT2D eigenvalue weighted by Crippen LogP contribution is -2.45. The Hall–Kier alpha value is -0.990. The lowest BCUT2D eigenvalue weighted by atomic mass is 9.65. The van der Waals surface area contributed by atoms with Crippen molar-refractivity contribution in [3.05, 3.63) is 12.8 Å². The quantitative estimate of drug-likeness (QED) is 0.427. The topological polar surface area (TPSA) is 35.5 Å². The second-order valence-corrected chi connectivity index (χ2v) is 5.95. The minimum atomic E-state index is -0.161. The second kappa shape index (κ2) is 5.77. The zero-order chi connectivity index (χ0) is 13.0. The van der Waals surface area contributed by atoms with E-state index in [2.05, 4.69) is 13.5 Å². The summed E-state index contributed by atoms with van der Waals surface area (Å²) in [5.41, 5.74) is -0.161. The Morgan fingerprint density at radius 2 is 2.33 bits per heavy atom. The van der Waals surface area contributed by atoms with Gasteiger partial charge in [0.2, 0.25) is 0 Å². The minimum absolute atomic E-state index is 0.119. The fraction of sp³-hybridized carbons (Fsp3) is 0.800. The highest BCUT2D eigenvalue weighted by Gasteiger charge is 2.44. The van der Waals surface area contributed by atoms with Crippen molar-refractivity contribution in [3.8, 4) is 0 Å². The molecular formula is C15H24O3. The first-order chi connectivity index (χ1) is 8.63. The van der Waals surface area contributed by atoms with E-state index in [0.29, 0.717) is 18.9 Å². The van der Waals surface area contributed by atoms with Gasteiger partial charge < -0.3 is 9.47 Å². The average molecular weight is 252 g/mol. The number of carbonyl (C=O) groups excluding carboxylic acids is 1. The van der Waals surface area contributed by atoms with Gasteiger partial charge in [0.25, 0.3) is 0 Å². The molecule has 0 aliphatic heterocycles. The molecule has 2 aliphatic carbocycles. The predicted octanol–water partition coefficient (Wildman–Crippen LogP) is 3.44. The summed E-state index contributed by atoms with van der Waals surface area (Å²) in [4.78, 5) is 11.9. The first kappa shape index (κ1) is 13.4. The summed E-state index contributed by atoms with van der Waals surface area (Å²) in [7, 11) is 0. The Labute approximate surface area is 110 Å². The molecule has 18 heavy (non-hydrogen) atoms. The smallest absolute Gasteiger partial charge is 0.309 e. The summed E-state index contributed by atoms with van der Waals surface area (Å²) in [6, 6.07) is 0. The summed E-state index contributed by atoms with van der Waals surface area (Å²) >= 11 is 0. The van der Waals surface area contributed by atoms with Gasteiger partial charge in [0.15, 0.2) is 0 Å². The summed E-state index contributed by atoms with van der Waals surface area (Å²) in [5.74, 6) is 1.33. The maximum Gasteiger partial charge on any atom is 0.309 e. The third-order valence-electron chi connectivity index (χ3n) is 4.23. The molecule has 0 N–H and O–H groups in total.